The number of rotatable bonds is 49. The van der Waals surface area contributed by atoms with Gasteiger partial charge in [0, 0.05) is 19.3 Å². The smallest absolute Gasteiger partial charge is 0.306 e. The minimum atomic E-state index is -0.802. The summed E-state index contributed by atoms with van der Waals surface area (Å²) in [5, 5.41) is 0. The van der Waals surface area contributed by atoms with E-state index in [2.05, 4.69) is 57.2 Å². The first-order valence-electron chi connectivity index (χ1n) is 28.0. The lowest BCUT2D eigenvalue weighted by Gasteiger charge is -2.18. The number of carbonyl (C=O) groups excluding carboxylic acids is 3. The van der Waals surface area contributed by atoms with Crippen LogP contribution in [0.25, 0.3) is 0 Å². The molecule has 1 unspecified atom stereocenters. The molecule has 0 aromatic carbocycles. The second-order valence-corrected chi connectivity index (χ2v) is 18.3. The van der Waals surface area contributed by atoms with Crippen LogP contribution in [0.1, 0.15) is 245 Å². The van der Waals surface area contributed by atoms with Crippen molar-refractivity contribution in [3.8, 4) is 0 Å². The van der Waals surface area contributed by atoms with Crippen LogP contribution in [-0.2, 0) is 28.6 Å². The number of carbonyl (C=O) groups is 3. The molecule has 1 atom stereocenters. The second kappa shape index (κ2) is 55.7. The van der Waals surface area contributed by atoms with Crippen LogP contribution in [0.5, 0.6) is 0 Å². The van der Waals surface area contributed by atoms with Crippen LogP contribution in [0.3, 0.4) is 0 Å². The van der Waals surface area contributed by atoms with Gasteiger partial charge in [-0.2, -0.15) is 0 Å². The van der Waals surface area contributed by atoms with E-state index in [1.54, 1.807) is 0 Å². The maximum atomic E-state index is 12.8. The predicted octanol–water partition coefficient (Wildman–Crippen LogP) is 18.7. The van der Waals surface area contributed by atoms with Crippen LogP contribution in [0.4, 0.5) is 0 Å². The second-order valence-electron chi connectivity index (χ2n) is 18.3. The zero-order chi connectivity index (χ0) is 49.3. The summed E-state index contributed by atoms with van der Waals surface area (Å²) in [6.07, 6.45) is 74.9. The summed E-state index contributed by atoms with van der Waals surface area (Å²) in [7, 11) is 0. The zero-order valence-corrected chi connectivity index (χ0v) is 44.1. The Morgan fingerprint density at radius 3 is 1.06 bits per heavy atom. The number of allylic oxidation sites excluding steroid dienone is 18. The number of hydrogen-bond acceptors (Lipinski definition) is 6. The molecule has 0 fully saturated rings. The van der Waals surface area contributed by atoms with E-state index >= 15 is 0 Å². The summed E-state index contributed by atoms with van der Waals surface area (Å²) >= 11 is 0. The van der Waals surface area contributed by atoms with Crippen molar-refractivity contribution in [1.82, 2.24) is 0 Å². The monoisotopic (exact) mass is 943 g/mol. The summed E-state index contributed by atoms with van der Waals surface area (Å²) < 4.78 is 16.8. The molecule has 0 radical (unpaired) electrons. The maximum absolute atomic E-state index is 12.8. The topological polar surface area (TPSA) is 78.9 Å². The Morgan fingerprint density at radius 2 is 0.632 bits per heavy atom. The average Bonchev–Trinajstić information content (AvgIpc) is 3.34. The fraction of sp³-hybridized carbons (Fsp3) is 0.661. The molecular formula is C62H102O6. The quantitative estimate of drug-likeness (QED) is 0.0199. The molecule has 0 bridgehead atoms. The molecule has 0 heterocycles. The Morgan fingerprint density at radius 1 is 0.324 bits per heavy atom. The van der Waals surface area contributed by atoms with Gasteiger partial charge in [-0.05, 0) is 70.6 Å². The Balaban J connectivity index is 4.51. The molecule has 6 nitrogen and oxygen atoms in total. The Bertz CT molecular complexity index is 1410. The summed E-state index contributed by atoms with van der Waals surface area (Å²) in [4.78, 5) is 38.1. The fourth-order valence-corrected chi connectivity index (χ4v) is 7.51. The summed E-state index contributed by atoms with van der Waals surface area (Å²) in [5.41, 5.74) is 0. The van der Waals surface area contributed by atoms with Crippen molar-refractivity contribution >= 4 is 17.9 Å². The predicted molar refractivity (Wildman–Crippen MR) is 293 cm³/mol. The first kappa shape index (κ1) is 64.1. The zero-order valence-electron chi connectivity index (χ0n) is 44.1. The number of ether oxygens (including phenoxy) is 3. The fourth-order valence-electron chi connectivity index (χ4n) is 7.51. The molecule has 0 saturated heterocycles. The highest BCUT2D eigenvalue weighted by Crippen LogP contribution is 2.15. The molecule has 0 aromatic heterocycles. The van der Waals surface area contributed by atoms with Crippen LogP contribution in [0.15, 0.2) is 109 Å². The lowest BCUT2D eigenvalue weighted by molar-refractivity contribution is -0.167. The van der Waals surface area contributed by atoms with E-state index in [9.17, 15) is 14.4 Å². The van der Waals surface area contributed by atoms with Gasteiger partial charge in [0.2, 0.25) is 0 Å². The van der Waals surface area contributed by atoms with Crippen LogP contribution in [0.2, 0.25) is 0 Å². The summed E-state index contributed by atoms with van der Waals surface area (Å²) in [6.45, 7) is 6.43. The molecule has 0 amide bonds. The number of unbranched alkanes of at least 4 members (excludes halogenated alkanes) is 26. The van der Waals surface area contributed by atoms with E-state index < -0.39 is 6.10 Å². The summed E-state index contributed by atoms with van der Waals surface area (Å²) in [6, 6.07) is 0. The molecule has 0 rings (SSSR count). The van der Waals surface area contributed by atoms with E-state index in [-0.39, 0.29) is 31.1 Å². The van der Waals surface area contributed by atoms with E-state index in [0.717, 1.165) is 83.5 Å². The minimum Gasteiger partial charge on any atom is -0.462 e. The Kier molecular flexibility index (Phi) is 52.4. The number of hydrogen-bond donors (Lipinski definition) is 0. The Labute approximate surface area is 419 Å². The first-order chi connectivity index (χ1) is 33.5. The van der Waals surface area contributed by atoms with Gasteiger partial charge in [-0.25, -0.2) is 0 Å². The molecule has 0 spiro atoms. The third-order valence-corrected chi connectivity index (χ3v) is 11.7. The molecule has 0 N–H and O–H groups in total. The van der Waals surface area contributed by atoms with Crippen molar-refractivity contribution in [3.63, 3.8) is 0 Å². The third kappa shape index (κ3) is 53.0. The van der Waals surface area contributed by atoms with Crippen molar-refractivity contribution in [2.45, 2.75) is 252 Å². The molecule has 0 saturated carbocycles. The van der Waals surface area contributed by atoms with E-state index in [0.29, 0.717) is 19.3 Å². The van der Waals surface area contributed by atoms with Gasteiger partial charge in [0.1, 0.15) is 13.2 Å². The highest BCUT2D eigenvalue weighted by atomic mass is 16.6. The van der Waals surface area contributed by atoms with Crippen molar-refractivity contribution in [2.24, 2.45) is 0 Å². The Hall–Kier alpha value is -3.93. The minimum absolute atomic E-state index is 0.0960. The van der Waals surface area contributed by atoms with Gasteiger partial charge in [-0.3, -0.25) is 14.4 Å². The SMILES string of the molecule is CC\C=C/C=C\C=C/C=C\C=C\C=C/C=C\CCCCCC(=O)OCC(COC(=O)CCCCCCCCCCCCCCCC)OC(=O)CCCCCCCCC/C=C\C/C=C\CCCCC. The lowest BCUT2D eigenvalue weighted by Crippen LogP contribution is -2.30. The molecule has 386 valence electrons. The molecule has 0 aliphatic rings. The van der Waals surface area contributed by atoms with Gasteiger partial charge >= 0.3 is 17.9 Å². The third-order valence-electron chi connectivity index (χ3n) is 11.7. The maximum Gasteiger partial charge on any atom is 0.306 e. The lowest BCUT2D eigenvalue weighted by atomic mass is 10.0. The van der Waals surface area contributed by atoms with Crippen molar-refractivity contribution in [3.05, 3.63) is 109 Å². The largest absolute Gasteiger partial charge is 0.462 e. The van der Waals surface area contributed by atoms with Crippen LogP contribution < -0.4 is 0 Å². The van der Waals surface area contributed by atoms with Crippen LogP contribution in [0, 0.1) is 0 Å². The van der Waals surface area contributed by atoms with Gasteiger partial charge in [0.15, 0.2) is 6.10 Å². The molecular weight excluding hydrogens is 841 g/mol. The first-order valence-corrected chi connectivity index (χ1v) is 28.0. The van der Waals surface area contributed by atoms with Gasteiger partial charge in [0.05, 0.1) is 0 Å². The highest BCUT2D eigenvalue weighted by Gasteiger charge is 2.19. The number of esters is 3. The van der Waals surface area contributed by atoms with Crippen LogP contribution in [-0.4, -0.2) is 37.2 Å². The van der Waals surface area contributed by atoms with E-state index in [4.69, 9.17) is 14.2 Å². The molecule has 68 heavy (non-hydrogen) atoms. The van der Waals surface area contributed by atoms with Crippen LogP contribution >= 0.6 is 0 Å². The standard InChI is InChI=1S/C62H102O6/c1-4-7-10-13-16-19-22-25-28-30-31-33-34-37-40-43-46-49-52-55-61(64)67-58-59(57-66-60(63)54-51-48-45-42-39-36-27-24-21-18-15-12-9-6-3)68-62(65)56-53-50-47-44-41-38-35-32-29-26-23-20-17-14-11-8-5-2/h7,10,13,16-17,19-20,22,25-26,28-31,33-34,37,40,59H,4-6,8-9,11-12,14-15,18,21,23-24,27,32,35-36,38-39,41-58H2,1-3H3/b10-7-,16-13-,20-17-,22-19-,28-25-,29-26-,31-30+,34-33-,40-37-. The normalized spacial score (nSPS) is 12.9. The molecule has 6 heteroatoms. The van der Waals surface area contributed by atoms with Crippen molar-refractivity contribution < 1.29 is 28.6 Å². The molecule has 0 aliphatic carbocycles. The van der Waals surface area contributed by atoms with Crippen molar-refractivity contribution in [1.29, 1.82) is 0 Å². The van der Waals surface area contributed by atoms with Crippen molar-refractivity contribution in [2.75, 3.05) is 13.2 Å². The van der Waals surface area contributed by atoms with Gasteiger partial charge in [-0.1, -0.05) is 265 Å². The average molecular weight is 943 g/mol. The van der Waals surface area contributed by atoms with Gasteiger partial charge < -0.3 is 14.2 Å². The van der Waals surface area contributed by atoms with E-state index in [1.807, 2.05) is 72.9 Å². The van der Waals surface area contributed by atoms with Gasteiger partial charge in [-0.15, -0.1) is 0 Å². The van der Waals surface area contributed by atoms with Gasteiger partial charge in [0.25, 0.3) is 0 Å². The molecule has 0 aliphatic heterocycles. The highest BCUT2D eigenvalue weighted by molar-refractivity contribution is 5.71. The summed E-state index contributed by atoms with van der Waals surface area (Å²) in [5.74, 6) is -0.949. The molecule has 0 aromatic rings. The van der Waals surface area contributed by atoms with E-state index in [1.165, 1.54) is 122 Å².